The van der Waals surface area contributed by atoms with E-state index in [2.05, 4.69) is 37.9 Å². The number of rotatable bonds is 18. The number of nitrogens with two attached hydrogens (primary N) is 3. The van der Waals surface area contributed by atoms with Crippen LogP contribution in [0.2, 0.25) is 0 Å². The van der Waals surface area contributed by atoms with Crippen LogP contribution < -0.4 is 17.2 Å². The van der Waals surface area contributed by atoms with E-state index in [9.17, 15) is 35.7 Å². The van der Waals surface area contributed by atoms with Gasteiger partial charge in [-0.2, -0.15) is 0 Å². The molecule has 0 aromatic carbocycles. The van der Waals surface area contributed by atoms with E-state index in [-0.39, 0.29) is 6.42 Å². The van der Waals surface area contributed by atoms with E-state index in [1.807, 2.05) is 6.92 Å². The highest BCUT2D eigenvalue weighted by Crippen LogP contribution is 2.26. The molecular weight excluding hydrogens is 628 g/mol. The third kappa shape index (κ3) is 12.9. The molecule has 0 aliphatic carbocycles. The Kier molecular flexibility index (Phi) is 18.5. The summed E-state index contributed by atoms with van der Waals surface area (Å²) in [4.78, 5) is 4.33. The Labute approximate surface area is 283 Å². The van der Waals surface area contributed by atoms with Crippen molar-refractivity contribution in [2.45, 2.75) is 152 Å². The Bertz CT molecular complexity index is 1070. The van der Waals surface area contributed by atoms with Gasteiger partial charge in [0.25, 0.3) is 0 Å². The maximum Gasteiger partial charge on any atom is 0.189 e. The third-order valence-corrected chi connectivity index (χ3v) is 8.65. The molecule has 15 heteroatoms. The summed E-state index contributed by atoms with van der Waals surface area (Å²) in [6, 6.07) is -4.15. The maximum atomic E-state index is 11.0. The molecule has 0 saturated carbocycles. The van der Waals surface area contributed by atoms with Gasteiger partial charge in [0, 0.05) is 12.3 Å². The standard InChI is InChI=1S/C33H60N4O11/c1-17(2)8-6-9-18(3)10-7-11-19(4)12-13-37-26-27(40)23(15-38)47-33(30(26)43)48-31(44)22(35)14-21(34)20(5)45-32-25(36)29(42)28(41)24(16-39)46-32/h8,10,12-13,20-33,38-44H,6-7,9,11,14-16,34-36H2,1-5H3/b18-10+,19-12+,37-13+. The Hall–Kier alpha value is -1.67. The number of allylic oxidation sites excluding steroid dienone is 6. The van der Waals surface area contributed by atoms with Crippen molar-refractivity contribution < 1.29 is 54.7 Å². The summed E-state index contributed by atoms with van der Waals surface area (Å²) in [5, 5.41) is 71.7. The van der Waals surface area contributed by atoms with Crippen molar-refractivity contribution in [3.05, 3.63) is 34.9 Å². The Morgan fingerprint density at radius 1 is 0.792 bits per heavy atom. The third-order valence-electron chi connectivity index (χ3n) is 8.65. The van der Waals surface area contributed by atoms with Gasteiger partial charge in [0.2, 0.25) is 0 Å². The lowest BCUT2D eigenvalue weighted by Crippen LogP contribution is -2.63. The van der Waals surface area contributed by atoms with Gasteiger partial charge in [-0.25, -0.2) is 0 Å². The summed E-state index contributed by atoms with van der Waals surface area (Å²) in [5.74, 6) is 0. The molecule has 13 N–H and O–H groups in total. The highest BCUT2D eigenvalue weighted by Gasteiger charge is 2.46. The van der Waals surface area contributed by atoms with E-state index < -0.39 is 99.0 Å². The van der Waals surface area contributed by atoms with Crippen molar-refractivity contribution in [2.24, 2.45) is 22.2 Å². The average Bonchev–Trinajstić information content (AvgIpc) is 3.03. The van der Waals surface area contributed by atoms with Gasteiger partial charge in [-0.05, 0) is 72.8 Å². The number of hydrogen-bond donors (Lipinski definition) is 10. The molecule has 48 heavy (non-hydrogen) atoms. The van der Waals surface area contributed by atoms with Crippen LogP contribution in [0.15, 0.2) is 39.9 Å². The summed E-state index contributed by atoms with van der Waals surface area (Å²) < 4.78 is 22.3. The molecule has 0 spiro atoms. The monoisotopic (exact) mass is 688 g/mol. The second-order valence-electron chi connectivity index (χ2n) is 13.1. The molecule has 2 fully saturated rings. The second kappa shape index (κ2) is 20.9. The first-order chi connectivity index (χ1) is 22.6. The lowest BCUT2D eigenvalue weighted by Gasteiger charge is -2.42. The molecule has 14 atom stereocenters. The van der Waals surface area contributed by atoms with Crippen molar-refractivity contribution in [2.75, 3.05) is 13.2 Å². The largest absolute Gasteiger partial charge is 0.394 e. The normalized spacial score (nSPS) is 34.6. The first kappa shape index (κ1) is 42.5. The van der Waals surface area contributed by atoms with Gasteiger partial charge < -0.3 is 71.9 Å². The smallest absolute Gasteiger partial charge is 0.189 e. The molecular formula is C33H60N4O11. The van der Waals surface area contributed by atoms with Crippen LogP contribution in [0.5, 0.6) is 0 Å². The Balaban J connectivity index is 1.95. The number of aliphatic hydroxyl groups excluding tert-OH is 7. The zero-order chi connectivity index (χ0) is 36.1. The number of ether oxygens (including phenoxy) is 4. The SMILES string of the molecule is CC(C)=CCC/C(C)=C/CC/C(C)=C/C=N/C1C(O)C(CO)OC(OC(O)C(N)CC(N)C(C)OC2OC(CO)C(O)C(O)C2N)C1O. The molecule has 0 aromatic rings. The van der Waals surface area contributed by atoms with Crippen molar-refractivity contribution in [1.29, 1.82) is 0 Å². The molecule has 2 rings (SSSR count). The molecule has 2 aliphatic rings. The molecule has 2 saturated heterocycles. The van der Waals surface area contributed by atoms with E-state index in [4.69, 9.17) is 36.1 Å². The number of aliphatic hydroxyl groups is 7. The zero-order valence-electron chi connectivity index (χ0n) is 28.8. The van der Waals surface area contributed by atoms with Gasteiger partial charge in [0.15, 0.2) is 18.9 Å². The van der Waals surface area contributed by atoms with Gasteiger partial charge in [0.05, 0.1) is 31.4 Å². The first-order valence-corrected chi connectivity index (χ1v) is 16.6. The fourth-order valence-corrected chi connectivity index (χ4v) is 5.35. The molecule has 0 bridgehead atoms. The highest BCUT2D eigenvalue weighted by molar-refractivity contribution is 5.72. The van der Waals surface area contributed by atoms with Gasteiger partial charge in [-0.3, -0.25) is 4.99 Å². The van der Waals surface area contributed by atoms with Crippen molar-refractivity contribution >= 4 is 6.21 Å². The van der Waals surface area contributed by atoms with E-state index >= 15 is 0 Å². The minimum absolute atomic E-state index is 0.0520. The summed E-state index contributed by atoms with van der Waals surface area (Å²) >= 11 is 0. The number of nitrogens with zero attached hydrogens (tertiary/aromatic N) is 1. The van der Waals surface area contributed by atoms with Crippen LogP contribution in [-0.4, -0.2) is 141 Å². The summed E-state index contributed by atoms with van der Waals surface area (Å²) in [6.07, 6.45) is -1.68. The molecule has 278 valence electrons. The van der Waals surface area contributed by atoms with E-state index in [0.717, 1.165) is 31.3 Å². The molecule has 2 aliphatic heterocycles. The van der Waals surface area contributed by atoms with Gasteiger partial charge in [-0.1, -0.05) is 28.9 Å². The Morgan fingerprint density at radius 3 is 2.00 bits per heavy atom. The predicted molar refractivity (Wildman–Crippen MR) is 179 cm³/mol. The van der Waals surface area contributed by atoms with Crippen LogP contribution in [-0.2, 0) is 18.9 Å². The average molecular weight is 689 g/mol. The molecule has 0 amide bonds. The fourth-order valence-electron chi connectivity index (χ4n) is 5.35. The lowest BCUT2D eigenvalue weighted by molar-refractivity contribution is -0.316. The predicted octanol–water partition coefficient (Wildman–Crippen LogP) is -1.16. The molecule has 15 nitrogen and oxygen atoms in total. The zero-order valence-corrected chi connectivity index (χ0v) is 28.8. The fraction of sp³-hybridized carbons (Fsp3) is 0.788. The minimum atomic E-state index is -1.69. The lowest BCUT2D eigenvalue weighted by atomic mass is 9.96. The van der Waals surface area contributed by atoms with Crippen LogP contribution in [0, 0.1) is 0 Å². The minimum Gasteiger partial charge on any atom is -0.394 e. The Morgan fingerprint density at radius 2 is 1.38 bits per heavy atom. The quantitative estimate of drug-likeness (QED) is 0.0462. The van der Waals surface area contributed by atoms with E-state index in [1.165, 1.54) is 17.4 Å². The van der Waals surface area contributed by atoms with Crippen LogP contribution in [0.3, 0.4) is 0 Å². The van der Waals surface area contributed by atoms with Crippen LogP contribution in [0.4, 0.5) is 0 Å². The highest BCUT2D eigenvalue weighted by atomic mass is 16.7. The molecule has 0 aromatic heterocycles. The molecule has 0 radical (unpaired) electrons. The van der Waals surface area contributed by atoms with Crippen LogP contribution in [0.1, 0.15) is 66.7 Å². The summed E-state index contributed by atoms with van der Waals surface area (Å²) in [7, 11) is 0. The first-order valence-electron chi connectivity index (χ1n) is 16.6. The topological polar surface area (TPSA) is 269 Å². The molecule has 2 heterocycles. The number of aliphatic imine (C=N–C) groups is 1. The van der Waals surface area contributed by atoms with E-state index in [1.54, 1.807) is 13.0 Å². The van der Waals surface area contributed by atoms with Gasteiger partial charge >= 0.3 is 0 Å². The second-order valence-corrected chi connectivity index (χ2v) is 13.1. The van der Waals surface area contributed by atoms with E-state index in [0.29, 0.717) is 0 Å². The summed E-state index contributed by atoms with van der Waals surface area (Å²) in [6.45, 7) is 8.69. The van der Waals surface area contributed by atoms with Crippen molar-refractivity contribution in [3.63, 3.8) is 0 Å². The number of hydrogen-bond acceptors (Lipinski definition) is 15. The van der Waals surface area contributed by atoms with Crippen LogP contribution >= 0.6 is 0 Å². The van der Waals surface area contributed by atoms with Crippen LogP contribution in [0.25, 0.3) is 0 Å². The van der Waals surface area contributed by atoms with Gasteiger partial charge in [-0.15, -0.1) is 0 Å². The van der Waals surface area contributed by atoms with Crippen molar-refractivity contribution in [3.8, 4) is 0 Å². The summed E-state index contributed by atoms with van der Waals surface area (Å²) in [5.41, 5.74) is 22.0. The van der Waals surface area contributed by atoms with Crippen molar-refractivity contribution in [1.82, 2.24) is 0 Å². The molecule has 14 unspecified atom stereocenters. The maximum absolute atomic E-state index is 11.0. The van der Waals surface area contributed by atoms with Gasteiger partial charge in [0.1, 0.15) is 42.7 Å².